The van der Waals surface area contributed by atoms with Gasteiger partial charge in [0, 0.05) is 37.9 Å². The Kier molecular flexibility index (Phi) is 6.64. The van der Waals surface area contributed by atoms with Crippen molar-refractivity contribution in [3.8, 4) is 17.2 Å². The zero-order chi connectivity index (χ0) is 26.0. The molecular formula is C27H25F3N4O3. The fourth-order valence-electron chi connectivity index (χ4n) is 4.38. The molecule has 0 aliphatic carbocycles. The summed E-state index contributed by atoms with van der Waals surface area (Å²) < 4.78 is 50.7. The zero-order valence-electron chi connectivity index (χ0n) is 20.1. The Bertz CT molecular complexity index is 1340. The molecule has 0 spiro atoms. The lowest BCUT2D eigenvalue weighted by Gasteiger charge is -2.25. The molecule has 7 nitrogen and oxygen atoms in total. The monoisotopic (exact) mass is 510 g/mol. The van der Waals surface area contributed by atoms with Gasteiger partial charge < -0.3 is 24.6 Å². The molecule has 0 aromatic heterocycles. The van der Waals surface area contributed by atoms with E-state index >= 15 is 0 Å². The number of carbonyl (C=O) groups excluding carboxylic acids is 1. The summed E-state index contributed by atoms with van der Waals surface area (Å²) in [5, 5.41) is 2.60. The second kappa shape index (κ2) is 10.0. The molecule has 0 bridgehead atoms. The molecule has 37 heavy (non-hydrogen) atoms. The van der Waals surface area contributed by atoms with Crippen LogP contribution in [0.25, 0.3) is 0 Å². The van der Waals surface area contributed by atoms with Gasteiger partial charge in [-0.25, -0.2) is 9.79 Å². The Labute approximate surface area is 212 Å². The van der Waals surface area contributed by atoms with Crippen molar-refractivity contribution in [3.63, 3.8) is 0 Å². The lowest BCUT2D eigenvalue weighted by molar-refractivity contribution is -0.137. The van der Waals surface area contributed by atoms with E-state index in [4.69, 9.17) is 14.5 Å². The largest absolute Gasteiger partial charge is 0.497 e. The molecule has 5 rings (SSSR count). The first-order valence-corrected chi connectivity index (χ1v) is 11.8. The van der Waals surface area contributed by atoms with Crippen LogP contribution < -0.4 is 14.8 Å². The minimum absolute atomic E-state index is 0.103. The Morgan fingerprint density at radius 1 is 0.973 bits per heavy atom. The SMILES string of the molecule is COc1ccc2c(c1)Oc1ccccc1N=C2N1CCCN(C(=O)Nc2cccc(C(F)(F)F)c2)CC1. The van der Waals surface area contributed by atoms with Crippen LogP contribution in [0.3, 0.4) is 0 Å². The number of anilines is 1. The molecule has 0 radical (unpaired) electrons. The Morgan fingerprint density at radius 3 is 2.62 bits per heavy atom. The van der Waals surface area contributed by atoms with Crippen molar-refractivity contribution < 1.29 is 27.4 Å². The van der Waals surface area contributed by atoms with Crippen LogP contribution in [0.2, 0.25) is 0 Å². The number of urea groups is 1. The number of nitrogens with one attached hydrogen (secondary N) is 1. The van der Waals surface area contributed by atoms with Gasteiger partial charge in [-0.1, -0.05) is 18.2 Å². The molecule has 0 saturated carbocycles. The molecule has 1 fully saturated rings. The number of rotatable bonds is 2. The Hall–Kier alpha value is -4.21. The Balaban J connectivity index is 1.36. The maximum absolute atomic E-state index is 13.0. The van der Waals surface area contributed by atoms with Gasteiger partial charge in [0.1, 0.15) is 23.0 Å². The van der Waals surface area contributed by atoms with Gasteiger partial charge in [-0.3, -0.25) is 0 Å². The number of nitrogens with zero attached hydrogens (tertiary/aromatic N) is 3. The number of hydrogen-bond acceptors (Lipinski definition) is 5. The molecule has 1 saturated heterocycles. The van der Waals surface area contributed by atoms with Crippen molar-refractivity contribution in [1.82, 2.24) is 9.80 Å². The first-order chi connectivity index (χ1) is 17.8. The van der Waals surface area contributed by atoms with Crippen LogP contribution in [-0.4, -0.2) is 55.0 Å². The molecule has 2 aliphatic heterocycles. The summed E-state index contributed by atoms with van der Waals surface area (Å²) in [6.45, 7) is 1.96. The smallest absolute Gasteiger partial charge is 0.416 e. The van der Waals surface area contributed by atoms with E-state index in [1.807, 2.05) is 42.5 Å². The summed E-state index contributed by atoms with van der Waals surface area (Å²) in [5.41, 5.74) is 0.789. The summed E-state index contributed by atoms with van der Waals surface area (Å²) in [6.07, 6.45) is -3.82. The van der Waals surface area contributed by atoms with Crippen molar-refractivity contribution in [2.75, 3.05) is 38.6 Å². The summed E-state index contributed by atoms with van der Waals surface area (Å²) in [6, 6.07) is 17.3. The first-order valence-electron chi connectivity index (χ1n) is 11.8. The van der Waals surface area contributed by atoms with Crippen LogP contribution in [0.1, 0.15) is 17.5 Å². The molecule has 2 aliphatic rings. The third-order valence-electron chi connectivity index (χ3n) is 6.27. The minimum atomic E-state index is -4.48. The Morgan fingerprint density at radius 2 is 1.81 bits per heavy atom. The maximum Gasteiger partial charge on any atom is 0.416 e. The number of halogens is 3. The number of ether oxygens (including phenoxy) is 2. The molecular weight excluding hydrogens is 485 g/mol. The van der Waals surface area contributed by atoms with Gasteiger partial charge in [0.2, 0.25) is 0 Å². The van der Waals surface area contributed by atoms with E-state index in [0.29, 0.717) is 55.5 Å². The van der Waals surface area contributed by atoms with Crippen molar-refractivity contribution in [3.05, 3.63) is 77.9 Å². The molecule has 10 heteroatoms. The third kappa shape index (κ3) is 5.32. The van der Waals surface area contributed by atoms with Crippen molar-refractivity contribution in [1.29, 1.82) is 0 Å². The molecule has 2 amide bonds. The maximum atomic E-state index is 13.0. The van der Waals surface area contributed by atoms with Gasteiger partial charge in [-0.05, 0) is 48.9 Å². The van der Waals surface area contributed by atoms with Crippen LogP contribution in [0.4, 0.5) is 29.3 Å². The average Bonchev–Trinajstić information content (AvgIpc) is 3.23. The number of amidine groups is 1. The van der Waals surface area contributed by atoms with Crippen LogP contribution in [0.15, 0.2) is 71.7 Å². The highest BCUT2D eigenvalue weighted by Crippen LogP contribution is 2.39. The van der Waals surface area contributed by atoms with Gasteiger partial charge in [0.05, 0.1) is 18.2 Å². The van der Waals surface area contributed by atoms with E-state index in [1.54, 1.807) is 12.0 Å². The second-order valence-corrected chi connectivity index (χ2v) is 8.70. The highest BCUT2D eigenvalue weighted by atomic mass is 19.4. The van der Waals surface area contributed by atoms with Crippen LogP contribution in [0, 0.1) is 0 Å². The topological polar surface area (TPSA) is 66.4 Å². The lowest BCUT2D eigenvalue weighted by Crippen LogP contribution is -2.39. The number of aliphatic imine (C=N–C) groups is 1. The van der Waals surface area contributed by atoms with Crippen LogP contribution >= 0.6 is 0 Å². The number of methoxy groups -OCH3 is 1. The lowest BCUT2D eigenvalue weighted by atomic mass is 10.1. The van der Waals surface area contributed by atoms with E-state index in [1.165, 1.54) is 12.1 Å². The molecule has 0 atom stereocenters. The summed E-state index contributed by atoms with van der Waals surface area (Å²) in [4.78, 5) is 21.5. The van der Waals surface area contributed by atoms with Crippen LogP contribution in [0.5, 0.6) is 17.2 Å². The summed E-state index contributed by atoms with van der Waals surface area (Å²) in [5.74, 6) is 2.63. The number of alkyl halides is 3. The van der Waals surface area contributed by atoms with E-state index in [-0.39, 0.29) is 5.69 Å². The van der Waals surface area contributed by atoms with Gasteiger partial charge >= 0.3 is 12.2 Å². The standard InChI is InChI=1S/C27H25F3N4O3/c1-36-20-10-11-21-24(17-20)37-23-9-3-2-8-22(23)32-25(21)33-12-5-13-34(15-14-33)26(35)31-19-7-4-6-18(16-19)27(28,29)30/h2-4,6-11,16-17H,5,12-15H2,1H3,(H,31,35). The van der Waals surface area contributed by atoms with Gasteiger partial charge in [0.25, 0.3) is 0 Å². The highest BCUT2D eigenvalue weighted by Gasteiger charge is 2.31. The van der Waals surface area contributed by atoms with E-state index in [2.05, 4.69) is 10.2 Å². The van der Waals surface area contributed by atoms with Crippen LogP contribution in [-0.2, 0) is 6.18 Å². The molecule has 192 valence electrons. The fraction of sp³-hybridized carbons (Fsp3) is 0.259. The predicted molar refractivity (Wildman–Crippen MR) is 134 cm³/mol. The number of benzene rings is 3. The second-order valence-electron chi connectivity index (χ2n) is 8.70. The number of hydrogen-bond donors (Lipinski definition) is 1. The minimum Gasteiger partial charge on any atom is -0.497 e. The molecule has 3 aromatic carbocycles. The normalized spacial score (nSPS) is 15.4. The highest BCUT2D eigenvalue weighted by molar-refractivity contribution is 6.04. The molecule has 0 unspecified atom stereocenters. The number of amides is 2. The number of para-hydroxylation sites is 2. The predicted octanol–water partition coefficient (Wildman–Crippen LogP) is 6.14. The summed E-state index contributed by atoms with van der Waals surface area (Å²) >= 11 is 0. The van der Waals surface area contributed by atoms with Gasteiger partial charge in [-0.15, -0.1) is 0 Å². The fourth-order valence-corrected chi connectivity index (χ4v) is 4.38. The quantitative estimate of drug-likeness (QED) is 0.450. The van der Waals surface area contributed by atoms with Gasteiger partial charge in [0.15, 0.2) is 5.75 Å². The zero-order valence-corrected chi connectivity index (χ0v) is 20.1. The van der Waals surface area contributed by atoms with Crippen molar-refractivity contribution in [2.45, 2.75) is 12.6 Å². The number of carbonyl (C=O) groups is 1. The van der Waals surface area contributed by atoms with E-state index < -0.39 is 17.8 Å². The number of fused-ring (bicyclic) bond motifs is 2. The molecule has 1 N–H and O–H groups in total. The third-order valence-corrected chi connectivity index (χ3v) is 6.27. The average molecular weight is 511 g/mol. The molecule has 3 aromatic rings. The first kappa shape index (κ1) is 24.5. The van der Waals surface area contributed by atoms with Crippen molar-refractivity contribution >= 4 is 23.2 Å². The van der Waals surface area contributed by atoms with Gasteiger partial charge in [-0.2, -0.15) is 13.2 Å². The van der Waals surface area contributed by atoms with E-state index in [0.717, 1.165) is 23.5 Å². The molecule has 2 heterocycles. The van der Waals surface area contributed by atoms with E-state index in [9.17, 15) is 18.0 Å². The van der Waals surface area contributed by atoms with Crippen molar-refractivity contribution in [2.24, 2.45) is 4.99 Å². The summed E-state index contributed by atoms with van der Waals surface area (Å²) in [7, 11) is 1.59.